The molecular weight excluding hydrogens is 394 g/mol. The first-order valence-corrected chi connectivity index (χ1v) is 6.24. The number of nitrogens with two attached hydrogens (primary N) is 2. The van der Waals surface area contributed by atoms with E-state index in [4.69, 9.17) is 11.5 Å². The number of nitrogens with zero attached hydrogens (tertiary/aromatic N) is 2. The molecule has 0 aliphatic heterocycles. The standard InChI is InChI=1S/C6H14N2.C6H16N2.2ClH.Ni.4H2O/c7-5-3-1-2-4-6(5)8;1-7(2)5-6-8(3)4;;;;;;;/h5-6H,1-4,7-8H2;5-6H2,1-4H3;2*1H;;4*1H2/q;;;;+2;;;;/t5-,6-;;;;;;;;/m1......../s1. The van der Waals surface area contributed by atoms with Gasteiger partial charge in [0.25, 0.3) is 0 Å². The van der Waals surface area contributed by atoms with Gasteiger partial charge in [-0.05, 0) is 41.0 Å². The van der Waals surface area contributed by atoms with E-state index in [-0.39, 0.29) is 75.3 Å². The van der Waals surface area contributed by atoms with Crippen LogP contribution < -0.4 is 36.3 Å². The Bertz CT molecular complexity index is 171. The van der Waals surface area contributed by atoms with Crippen LogP contribution in [0.15, 0.2) is 0 Å². The van der Waals surface area contributed by atoms with E-state index in [1.165, 1.54) is 12.8 Å². The van der Waals surface area contributed by atoms with Crippen molar-refractivity contribution in [1.82, 2.24) is 9.80 Å². The Morgan fingerprint density at radius 3 is 1.09 bits per heavy atom. The zero-order valence-corrected chi connectivity index (χ0v) is 17.2. The molecular formula is C12H40Cl2N4NiO4+2. The van der Waals surface area contributed by atoms with Crippen molar-refractivity contribution in [2.24, 2.45) is 11.5 Å². The summed E-state index contributed by atoms with van der Waals surface area (Å²) in [5.41, 5.74) is 11.3. The zero-order chi connectivity index (χ0) is 12.6. The molecule has 1 aliphatic carbocycles. The fourth-order valence-electron chi connectivity index (χ4n) is 1.59. The smallest absolute Gasteiger partial charge is 1.00 e. The number of hydrogen-bond donors (Lipinski definition) is 2. The second-order valence-corrected chi connectivity index (χ2v) is 5.22. The third-order valence-corrected chi connectivity index (χ3v) is 2.87. The van der Waals surface area contributed by atoms with E-state index in [1.807, 2.05) is 0 Å². The molecule has 154 valence electrons. The monoisotopic (exact) mass is 432 g/mol. The van der Waals surface area contributed by atoms with E-state index in [2.05, 4.69) is 38.0 Å². The molecule has 0 saturated heterocycles. The molecule has 8 nitrogen and oxygen atoms in total. The van der Waals surface area contributed by atoms with Crippen molar-refractivity contribution >= 4 is 0 Å². The van der Waals surface area contributed by atoms with Crippen LogP contribution in [-0.4, -0.2) is 74.1 Å². The van der Waals surface area contributed by atoms with Gasteiger partial charge < -0.3 is 68.0 Å². The van der Waals surface area contributed by atoms with E-state index in [0.717, 1.165) is 25.9 Å². The fraction of sp³-hybridized carbons (Fsp3) is 1.00. The second kappa shape index (κ2) is 30.6. The van der Waals surface area contributed by atoms with Crippen molar-refractivity contribution in [3.8, 4) is 0 Å². The van der Waals surface area contributed by atoms with Crippen LogP contribution in [0, 0.1) is 0 Å². The van der Waals surface area contributed by atoms with Crippen LogP contribution in [0.2, 0.25) is 0 Å². The number of halogens is 2. The molecule has 0 aromatic carbocycles. The minimum atomic E-state index is 0. The zero-order valence-electron chi connectivity index (χ0n) is 14.7. The summed E-state index contributed by atoms with van der Waals surface area (Å²) < 4.78 is 0. The molecule has 11 heteroatoms. The van der Waals surface area contributed by atoms with Crippen molar-refractivity contribution in [3.05, 3.63) is 0 Å². The normalized spacial score (nSPS) is 17.7. The molecule has 1 fully saturated rings. The second-order valence-electron chi connectivity index (χ2n) is 5.22. The van der Waals surface area contributed by atoms with Crippen LogP contribution in [0.25, 0.3) is 0 Å². The predicted octanol–water partition coefficient (Wildman–Crippen LogP) is -9.16. The summed E-state index contributed by atoms with van der Waals surface area (Å²) in [6, 6.07) is 0.562. The maximum Gasteiger partial charge on any atom is 2.00 e. The fourth-order valence-corrected chi connectivity index (χ4v) is 1.59. The number of likely N-dealkylation sites (N-methyl/N-ethyl adjacent to an activating group) is 2. The predicted molar refractivity (Wildman–Crippen MR) is 88.5 cm³/mol. The Morgan fingerprint density at radius 1 is 0.739 bits per heavy atom. The van der Waals surface area contributed by atoms with Gasteiger partial charge in [-0.2, -0.15) is 0 Å². The average Bonchev–Trinajstić information content (AvgIpc) is 2.20. The van der Waals surface area contributed by atoms with Gasteiger partial charge in [-0.15, -0.1) is 0 Å². The third kappa shape index (κ3) is 34.9. The molecule has 14 N–H and O–H groups in total. The van der Waals surface area contributed by atoms with Crippen molar-refractivity contribution < 1.29 is 63.2 Å². The van der Waals surface area contributed by atoms with Crippen molar-refractivity contribution in [3.63, 3.8) is 0 Å². The van der Waals surface area contributed by atoms with Gasteiger partial charge in [0.1, 0.15) is 0 Å². The summed E-state index contributed by atoms with van der Waals surface area (Å²) in [6.45, 7) is 2.29. The van der Waals surface area contributed by atoms with Crippen LogP contribution in [0.3, 0.4) is 0 Å². The van der Waals surface area contributed by atoms with Gasteiger partial charge in [-0.1, -0.05) is 12.8 Å². The number of hydrogen-bond acceptors (Lipinski definition) is 4. The molecule has 0 aromatic heterocycles. The Labute approximate surface area is 163 Å². The Morgan fingerprint density at radius 2 is 0.957 bits per heavy atom. The van der Waals surface area contributed by atoms with Crippen molar-refractivity contribution in [2.75, 3.05) is 41.3 Å². The Hall–Kier alpha value is 0.754. The summed E-state index contributed by atoms with van der Waals surface area (Å²) in [6.07, 6.45) is 4.80. The topological polar surface area (TPSA) is 188 Å². The molecule has 0 unspecified atom stereocenters. The summed E-state index contributed by atoms with van der Waals surface area (Å²) in [5.74, 6) is 0. The van der Waals surface area contributed by atoms with E-state index < -0.39 is 0 Å². The summed E-state index contributed by atoms with van der Waals surface area (Å²) in [7, 11) is 8.35. The largest absolute Gasteiger partial charge is 2.00 e. The van der Waals surface area contributed by atoms with Gasteiger partial charge >= 0.3 is 16.5 Å². The van der Waals surface area contributed by atoms with Crippen molar-refractivity contribution in [1.29, 1.82) is 0 Å². The Kier molecular flexibility index (Phi) is 66.0. The van der Waals surface area contributed by atoms with Crippen LogP contribution >= 0.6 is 0 Å². The van der Waals surface area contributed by atoms with Gasteiger partial charge in [0.2, 0.25) is 0 Å². The van der Waals surface area contributed by atoms with Gasteiger partial charge in [0.05, 0.1) is 0 Å². The van der Waals surface area contributed by atoms with Crippen LogP contribution in [0.1, 0.15) is 25.7 Å². The quantitative estimate of drug-likeness (QED) is 0.330. The van der Waals surface area contributed by atoms with Gasteiger partial charge in [0.15, 0.2) is 0 Å². The third-order valence-electron chi connectivity index (χ3n) is 2.87. The molecule has 0 amide bonds. The molecule has 1 aliphatic rings. The molecule has 23 heavy (non-hydrogen) atoms. The maximum absolute atomic E-state index is 5.65. The average molecular weight is 434 g/mol. The minimum Gasteiger partial charge on any atom is -1.00 e. The minimum absolute atomic E-state index is 0. The summed E-state index contributed by atoms with van der Waals surface area (Å²) >= 11 is 0. The molecule has 2 atom stereocenters. The summed E-state index contributed by atoms with van der Waals surface area (Å²) in [5, 5.41) is 0. The molecule has 0 bridgehead atoms. The first-order valence-electron chi connectivity index (χ1n) is 6.24. The molecule has 1 rings (SSSR count). The molecule has 0 aromatic rings. The molecule has 1 saturated carbocycles. The molecule has 0 radical (unpaired) electrons. The van der Waals surface area contributed by atoms with Crippen LogP contribution in [-0.2, 0) is 27.4 Å². The SMILES string of the molecule is CN(C)CCN(C)C.N[C@@H]1CCCC[C@H]1N.O.O.[Cl-].[Cl-].[Ni+2].[OH3+].[OH3+]. The van der Waals surface area contributed by atoms with Gasteiger partial charge in [0, 0.05) is 25.2 Å². The molecule has 0 heterocycles. The van der Waals surface area contributed by atoms with Crippen molar-refractivity contribution in [2.45, 2.75) is 37.8 Å². The van der Waals surface area contributed by atoms with Crippen LogP contribution in [0.4, 0.5) is 0 Å². The Balaban J connectivity index is -0.0000000250. The van der Waals surface area contributed by atoms with E-state index in [0.29, 0.717) is 0 Å². The van der Waals surface area contributed by atoms with Gasteiger partial charge in [-0.3, -0.25) is 0 Å². The number of rotatable bonds is 3. The van der Waals surface area contributed by atoms with E-state index in [9.17, 15) is 0 Å². The van der Waals surface area contributed by atoms with Gasteiger partial charge in [-0.25, -0.2) is 0 Å². The van der Waals surface area contributed by atoms with E-state index >= 15 is 0 Å². The molecule has 0 spiro atoms. The van der Waals surface area contributed by atoms with Crippen LogP contribution in [0.5, 0.6) is 0 Å². The first kappa shape index (κ1) is 49.6. The first-order chi connectivity index (χ1) is 7.43. The summed E-state index contributed by atoms with van der Waals surface area (Å²) in [4.78, 5) is 4.36. The maximum atomic E-state index is 5.65. The van der Waals surface area contributed by atoms with E-state index in [1.54, 1.807) is 0 Å².